The molecule has 1 N–H and O–H groups in total. The second-order valence-electron chi connectivity index (χ2n) is 6.72. The third-order valence-electron chi connectivity index (χ3n) is 5.02. The largest absolute Gasteiger partial charge is 0.481 e. The summed E-state index contributed by atoms with van der Waals surface area (Å²) >= 11 is 0. The van der Waals surface area contributed by atoms with Crippen LogP contribution in [0.15, 0.2) is 72.8 Å². The number of unbranched alkanes of at least 4 members (excludes halogenated alkanes) is 1. The van der Waals surface area contributed by atoms with Crippen molar-refractivity contribution in [1.82, 2.24) is 0 Å². The van der Waals surface area contributed by atoms with Gasteiger partial charge >= 0.3 is 5.97 Å². The SMILES string of the molecule is CCCC[C@](Cc1ccccc1)(C(=O)O)c1ccc2ccccc2c1. The molecule has 0 heterocycles. The molecule has 0 aromatic heterocycles. The number of carboxylic acid groups (broad SMARTS) is 1. The molecule has 2 heteroatoms. The van der Waals surface area contributed by atoms with Crippen LogP contribution in [0.1, 0.15) is 37.3 Å². The normalized spacial score (nSPS) is 13.5. The molecule has 2 nitrogen and oxygen atoms in total. The van der Waals surface area contributed by atoms with Crippen LogP contribution in [0, 0.1) is 0 Å². The summed E-state index contributed by atoms with van der Waals surface area (Å²) in [6.07, 6.45) is 3.04. The Morgan fingerprint density at radius 1 is 0.920 bits per heavy atom. The zero-order valence-electron chi connectivity index (χ0n) is 14.6. The van der Waals surface area contributed by atoms with Gasteiger partial charge in [-0.15, -0.1) is 0 Å². The molecule has 0 aliphatic heterocycles. The van der Waals surface area contributed by atoms with E-state index in [1.165, 1.54) is 0 Å². The number of carboxylic acids is 1. The molecular formula is C23H24O2. The number of rotatable bonds is 7. The lowest BCUT2D eigenvalue weighted by molar-refractivity contribution is -0.144. The van der Waals surface area contributed by atoms with Gasteiger partial charge in [-0.1, -0.05) is 86.5 Å². The first-order chi connectivity index (χ1) is 12.2. The van der Waals surface area contributed by atoms with Crippen LogP contribution in [-0.4, -0.2) is 11.1 Å². The van der Waals surface area contributed by atoms with E-state index in [1.807, 2.05) is 60.7 Å². The van der Waals surface area contributed by atoms with Gasteiger partial charge in [0.2, 0.25) is 0 Å². The highest BCUT2D eigenvalue weighted by Crippen LogP contribution is 2.36. The van der Waals surface area contributed by atoms with Crippen molar-refractivity contribution >= 4 is 16.7 Å². The van der Waals surface area contributed by atoms with Gasteiger partial charge in [-0.25, -0.2) is 0 Å². The molecule has 25 heavy (non-hydrogen) atoms. The van der Waals surface area contributed by atoms with E-state index in [9.17, 15) is 9.90 Å². The van der Waals surface area contributed by atoms with E-state index in [1.54, 1.807) is 0 Å². The summed E-state index contributed by atoms with van der Waals surface area (Å²) in [5, 5.41) is 12.5. The molecule has 0 saturated heterocycles. The van der Waals surface area contributed by atoms with Crippen molar-refractivity contribution in [2.24, 2.45) is 0 Å². The summed E-state index contributed by atoms with van der Waals surface area (Å²) in [6.45, 7) is 2.11. The topological polar surface area (TPSA) is 37.3 Å². The second kappa shape index (κ2) is 7.52. The van der Waals surface area contributed by atoms with Crippen LogP contribution in [-0.2, 0) is 16.6 Å². The minimum Gasteiger partial charge on any atom is -0.481 e. The summed E-state index contributed by atoms with van der Waals surface area (Å²) in [4.78, 5) is 12.5. The lowest BCUT2D eigenvalue weighted by Crippen LogP contribution is -2.38. The minimum atomic E-state index is -0.888. The minimum absolute atomic E-state index is 0.515. The van der Waals surface area contributed by atoms with Crippen LogP contribution in [0.2, 0.25) is 0 Å². The number of hydrogen-bond acceptors (Lipinski definition) is 1. The number of aliphatic carboxylic acids is 1. The van der Waals surface area contributed by atoms with Gasteiger partial charge in [-0.3, -0.25) is 4.79 Å². The fourth-order valence-electron chi connectivity index (χ4n) is 3.55. The Morgan fingerprint density at radius 2 is 1.60 bits per heavy atom. The summed E-state index contributed by atoms with van der Waals surface area (Å²) in [6, 6.07) is 24.2. The third-order valence-corrected chi connectivity index (χ3v) is 5.02. The van der Waals surface area contributed by atoms with Gasteiger partial charge in [0.15, 0.2) is 0 Å². The predicted octanol–water partition coefficient (Wildman–Crippen LogP) is 5.60. The van der Waals surface area contributed by atoms with Crippen LogP contribution >= 0.6 is 0 Å². The van der Waals surface area contributed by atoms with E-state index in [2.05, 4.69) is 19.1 Å². The zero-order chi connectivity index (χ0) is 17.7. The Hall–Kier alpha value is -2.61. The predicted molar refractivity (Wildman–Crippen MR) is 103 cm³/mol. The van der Waals surface area contributed by atoms with Gasteiger partial charge in [0.25, 0.3) is 0 Å². The Bertz CT molecular complexity index is 854. The van der Waals surface area contributed by atoms with Crippen molar-refractivity contribution in [3.63, 3.8) is 0 Å². The molecule has 0 unspecified atom stereocenters. The van der Waals surface area contributed by atoms with Crippen LogP contribution in [0.5, 0.6) is 0 Å². The molecule has 3 aromatic rings. The van der Waals surface area contributed by atoms with Crippen molar-refractivity contribution < 1.29 is 9.90 Å². The maximum atomic E-state index is 12.5. The van der Waals surface area contributed by atoms with E-state index >= 15 is 0 Å². The quantitative estimate of drug-likeness (QED) is 0.612. The molecule has 0 aliphatic carbocycles. The molecule has 3 aromatic carbocycles. The van der Waals surface area contributed by atoms with E-state index in [0.29, 0.717) is 12.8 Å². The van der Waals surface area contributed by atoms with Crippen LogP contribution in [0.25, 0.3) is 10.8 Å². The van der Waals surface area contributed by atoms with E-state index in [-0.39, 0.29) is 0 Å². The third kappa shape index (κ3) is 3.58. The van der Waals surface area contributed by atoms with E-state index in [0.717, 1.165) is 34.7 Å². The molecular weight excluding hydrogens is 308 g/mol. The molecule has 128 valence electrons. The van der Waals surface area contributed by atoms with Gasteiger partial charge in [0.1, 0.15) is 0 Å². The van der Waals surface area contributed by atoms with E-state index < -0.39 is 11.4 Å². The van der Waals surface area contributed by atoms with Gasteiger partial charge in [-0.2, -0.15) is 0 Å². The van der Waals surface area contributed by atoms with Crippen LogP contribution in [0.3, 0.4) is 0 Å². The molecule has 0 fully saturated rings. The standard InChI is InChI=1S/C23H24O2/c1-2-3-15-23(22(24)25,17-18-9-5-4-6-10-18)21-14-13-19-11-7-8-12-20(19)16-21/h4-14,16H,2-3,15,17H2,1H3,(H,24,25)/t23-/m1/s1. The highest BCUT2D eigenvalue weighted by Gasteiger charge is 2.40. The Morgan fingerprint density at radius 3 is 2.28 bits per heavy atom. The van der Waals surface area contributed by atoms with Gasteiger partial charge in [0, 0.05) is 0 Å². The molecule has 0 spiro atoms. The highest BCUT2D eigenvalue weighted by molar-refractivity contribution is 5.87. The lowest BCUT2D eigenvalue weighted by atomic mass is 9.71. The van der Waals surface area contributed by atoms with Crippen LogP contribution < -0.4 is 0 Å². The van der Waals surface area contributed by atoms with Crippen molar-refractivity contribution in [3.8, 4) is 0 Å². The molecule has 0 radical (unpaired) electrons. The molecule has 0 aliphatic rings. The van der Waals surface area contributed by atoms with Crippen molar-refractivity contribution in [1.29, 1.82) is 0 Å². The fourth-order valence-corrected chi connectivity index (χ4v) is 3.55. The van der Waals surface area contributed by atoms with Gasteiger partial charge in [0.05, 0.1) is 5.41 Å². The number of benzene rings is 3. The smallest absolute Gasteiger partial charge is 0.314 e. The monoisotopic (exact) mass is 332 g/mol. The van der Waals surface area contributed by atoms with Gasteiger partial charge < -0.3 is 5.11 Å². The first-order valence-electron chi connectivity index (χ1n) is 8.92. The first kappa shape index (κ1) is 17.2. The van der Waals surface area contributed by atoms with Crippen molar-refractivity contribution in [2.45, 2.75) is 38.0 Å². The molecule has 0 amide bonds. The first-order valence-corrected chi connectivity index (χ1v) is 8.92. The Balaban J connectivity index is 2.11. The fraction of sp³-hybridized carbons (Fsp3) is 0.261. The summed E-state index contributed by atoms with van der Waals surface area (Å²) in [7, 11) is 0. The lowest BCUT2D eigenvalue weighted by Gasteiger charge is -2.31. The maximum Gasteiger partial charge on any atom is 0.314 e. The number of fused-ring (bicyclic) bond motifs is 1. The van der Waals surface area contributed by atoms with Crippen molar-refractivity contribution in [3.05, 3.63) is 83.9 Å². The van der Waals surface area contributed by atoms with E-state index in [4.69, 9.17) is 0 Å². The second-order valence-corrected chi connectivity index (χ2v) is 6.72. The molecule has 1 atom stereocenters. The summed E-state index contributed by atoms with van der Waals surface area (Å²) in [5.74, 6) is -0.736. The Kier molecular flexibility index (Phi) is 5.18. The average Bonchev–Trinajstić information content (AvgIpc) is 2.65. The zero-order valence-corrected chi connectivity index (χ0v) is 14.6. The Labute approximate surface area is 149 Å². The molecule has 3 rings (SSSR count). The summed E-state index contributed by atoms with van der Waals surface area (Å²) in [5.41, 5.74) is 1.08. The highest BCUT2D eigenvalue weighted by atomic mass is 16.4. The maximum absolute atomic E-state index is 12.5. The molecule has 0 saturated carbocycles. The van der Waals surface area contributed by atoms with Crippen molar-refractivity contribution in [2.75, 3.05) is 0 Å². The average molecular weight is 332 g/mol. The summed E-state index contributed by atoms with van der Waals surface area (Å²) < 4.78 is 0. The molecule has 0 bridgehead atoms. The van der Waals surface area contributed by atoms with Gasteiger partial charge in [-0.05, 0) is 40.8 Å². The number of hydrogen-bond donors (Lipinski definition) is 1. The van der Waals surface area contributed by atoms with Crippen LogP contribution in [0.4, 0.5) is 0 Å². The number of carbonyl (C=O) groups is 1.